The fourth-order valence-corrected chi connectivity index (χ4v) is 4.34. The number of thiazole rings is 1. The fraction of sp³-hybridized carbons (Fsp3) is 0.409. The van der Waals surface area contributed by atoms with Crippen LogP contribution in [0.3, 0.4) is 0 Å². The number of aryl methyl sites for hydroxylation is 1. The standard InChI is InChI=1S/C22H25N3O3S/c1-12(2)27-21-6-5-15(10-24-21)16-7-18-22(29-14(4)25-18)19(8-16)28-13(3)17-9-20(26)23-11-17/h5-8,10,12-13,17H,9,11H2,1-4H3,(H,23,26)/t13?,17-/m1/s1. The number of pyridine rings is 1. The summed E-state index contributed by atoms with van der Waals surface area (Å²) >= 11 is 1.62. The first-order chi connectivity index (χ1) is 13.9. The molecular weight excluding hydrogens is 386 g/mol. The second-order valence-corrected chi connectivity index (χ2v) is 8.90. The minimum atomic E-state index is -0.0743. The lowest BCUT2D eigenvalue weighted by molar-refractivity contribution is -0.119. The molecule has 1 aliphatic rings. The molecular formula is C22H25N3O3S. The minimum absolute atomic E-state index is 0.0743. The van der Waals surface area contributed by atoms with Gasteiger partial charge in [0.15, 0.2) is 0 Å². The van der Waals surface area contributed by atoms with Gasteiger partial charge < -0.3 is 14.8 Å². The predicted molar refractivity (Wildman–Crippen MR) is 115 cm³/mol. The van der Waals surface area contributed by atoms with Crippen LogP contribution in [0.4, 0.5) is 0 Å². The van der Waals surface area contributed by atoms with Crippen LogP contribution in [-0.2, 0) is 4.79 Å². The van der Waals surface area contributed by atoms with Gasteiger partial charge in [-0.15, -0.1) is 11.3 Å². The second-order valence-electron chi connectivity index (χ2n) is 7.70. The minimum Gasteiger partial charge on any atom is -0.489 e. The third-order valence-corrected chi connectivity index (χ3v) is 5.98. The normalized spacial score (nSPS) is 17.6. The van der Waals surface area contributed by atoms with Crippen LogP contribution in [0.25, 0.3) is 21.3 Å². The van der Waals surface area contributed by atoms with E-state index in [1.165, 1.54) is 0 Å². The van der Waals surface area contributed by atoms with Crippen molar-refractivity contribution in [1.29, 1.82) is 0 Å². The van der Waals surface area contributed by atoms with Gasteiger partial charge in [-0.25, -0.2) is 9.97 Å². The first-order valence-electron chi connectivity index (χ1n) is 9.86. The van der Waals surface area contributed by atoms with Gasteiger partial charge in [0.1, 0.15) is 11.9 Å². The van der Waals surface area contributed by atoms with Crippen LogP contribution in [-0.4, -0.2) is 34.6 Å². The van der Waals surface area contributed by atoms with Crippen molar-refractivity contribution in [2.24, 2.45) is 5.92 Å². The van der Waals surface area contributed by atoms with Crippen LogP contribution in [0.5, 0.6) is 11.6 Å². The van der Waals surface area contributed by atoms with E-state index < -0.39 is 0 Å². The van der Waals surface area contributed by atoms with Crippen LogP contribution >= 0.6 is 11.3 Å². The highest BCUT2D eigenvalue weighted by molar-refractivity contribution is 7.18. The number of ether oxygens (including phenoxy) is 2. The van der Waals surface area contributed by atoms with E-state index in [0.29, 0.717) is 18.8 Å². The van der Waals surface area contributed by atoms with Crippen LogP contribution in [0.1, 0.15) is 32.2 Å². The summed E-state index contributed by atoms with van der Waals surface area (Å²) in [5, 5.41) is 3.88. The first-order valence-corrected chi connectivity index (χ1v) is 10.7. The van der Waals surface area contributed by atoms with Gasteiger partial charge in [-0.1, -0.05) is 0 Å². The highest BCUT2D eigenvalue weighted by atomic mass is 32.1. The highest BCUT2D eigenvalue weighted by Crippen LogP contribution is 2.37. The number of hydrogen-bond donors (Lipinski definition) is 1. The SMILES string of the molecule is Cc1nc2cc(-c3ccc(OC(C)C)nc3)cc(OC(C)[C@H]3CNC(=O)C3)c2s1. The summed E-state index contributed by atoms with van der Waals surface area (Å²) < 4.78 is 13.0. The van der Waals surface area contributed by atoms with E-state index in [1.807, 2.05) is 52.1 Å². The Balaban J connectivity index is 1.66. The molecule has 0 bridgehead atoms. The van der Waals surface area contributed by atoms with Crippen molar-refractivity contribution < 1.29 is 14.3 Å². The fourth-order valence-electron chi connectivity index (χ4n) is 3.49. The van der Waals surface area contributed by atoms with Crippen LogP contribution in [0, 0.1) is 12.8 Å². The van der Waals surface area contributed by atoms with Gasteiger partial charge in [-0.3, -0.25) is 4.79 Å². The van der Waals surface area contributed by atoms with Gasteiger partial charge in [-0.05, 0) is 51.5 Å². The number of rotatable bonds is 6. The van der Waals surface area contributed by atoms with E-state index in [1.54, 1.807) is 11.3 Å². The molecule has 0 aliphatic carbocycles. The third-order valence-electron chi connectivity index (χ3n) is 4.97. The molecule has 0 radical (unpaired) electrons. The van der Waals surface area contributed by atoms with Crippen LogP contribution < -0.4 is 14.8 Å². The molecule has 2 aromatic heterocycles. The van der Waals surface area contributed by atoms with E-state index in [4.69, 9.17) is 9.47 Å². The zero-order chi connectivity index (χ0) is 20.5. The van der Waals surface area contributed by atoms with Crippen molar-refractivity contribution in [1.82, 2.24) is 15.3 Å². The lowest BCUT2D eigenvalue weighted by Gasteiger charge is -2.20. The topological polar surface area (TPSA) is 73.3 Å². The van der Waals surface area contributed by atoms with Gasteiger partial charge in [-0.2, -0.15) is 0 Å². The largest absolute Gasteiger partial charge is 0.489 e. The zero-order valence-electron chi connectivity index (χ0n) is 17.1. The Bertz CT molecular complexity index is 1030. The molecule has 1 unspecified atom stereocenters. The first kappa shape index (κ1) is 19.6. The monoisotopic (exact) mass is 411 g/mol. The van der Waals surface area contributed by atoms with Crippen molar-refractivity contribution in [2.45, 2.75) is 46.3 Å². The molecule has 7 heteroatoms. The number of amides is 1. The Hall–Kier alpha value is -2.67. The zero-order valence-corrected chi connectivity index (χ0v) is 17.9. The Morgan fingerprint density at radius 3 is 2.66 bits per heavy atom. The molecule has 0 spiro atoms. The number of nitrogens with one attached hydrogen (secondary N) is 1. The molecule has 1 aromatic carbocycles. The van der Waals surface area contributed by atoms with Crippen LogP contribution in [0.15, 0.2) is 30.5 Å². The van der Waals surface area contributed by atoms with Gasteiger partial charge in [0.25, 0.3) is 0 Å². The average Bonchev–Trinajstić information content (AvgIpc) is 3.27. The van der Waals surface area contributed by atoms with Gasteiger partial charge >= 0.3 is 0 Å². The Morgan fingerprint density at radius 1 is 1.17 bits per heavy atom. The van der Waals surface area contributed by atoms with E-state index >= 15 is 0 Å². The summed E-state index contributed by atoms with van der Waals surface area (Å²) in [5.41, 5.74) is 2.88. The molecule has 29 heavy (non-hydrogen) atoms. The second kappa shape index (κ2) is 7.99. The number of benzene rings is 1. The number of aromatic nitrogens is 2. The molecule has 1 N–H and O–H groups in total. The van der Waals surface area contributed by atoms with Crippen molar-refractivity contribution in [3.63, 3.8) is 0 Å². The van der Waals surface area contributed by atoms with Gasteiger partial charge in [0.05, 0.1) is 21.3 Å². The molecule has 1 amide bonds. The smallest absolute Gasteiger partial charge is 0.220 e. The van der Waals surface area contributed by atoms with Crippen molar-refractivity contribution in [3.05, 3.63) is 35.5 Å². The quantitative estimate of drug-likeness (QED) is 0.652. The summed E-state index contributed by atoms with van der Waals surface area (Å²) in [6.07, 6.45) is 2.33. The van der Waals surface area contributed by atoms with Crippen molar-refractivity contribution in [3.8, 4) is 22.8 Å². The number of fused-ring (bicyclic) bond motifs is 1. The number of nitrogens with zero attached hydrogens (tertiary/aromatic N) is 2. The maximum absolute atomic E-state index is 11.6. The molecule has 1 fully saturated rings. The molecule has 4 rings (SSSR count). The lowest BCUT2D eigenvalue weighted by atomic mass is 10.0. The van der Waals surface area contributed by atoms with Crippen molar-refractivity contribution >= 4 is 27.5 Å². The Morgan fingerprint density at radius 2 is 2.00 bits per heavy atom. The van der Waals surface area contributed by atoms with Gasteiger partial charge in [0, 0.05) is 36.7 Å². The number of carbonyl (C=O) groups is 1. The van der Waals surface area contributed by atoms with Crippen LogP contribution in [0.2, 0.25) is 0 Å². The van der Waals surface area contributed by atoms with E-state index in [9.17, 15) is 4.79 Å². The summed E-state index contributed by atoms with van der Waals surface area (Å²) in [6, 6.07) is 7.99. The molecule has 3 aromatic rings. The summed E-state index contributed by atoms with van der Waals surface area (Å²) in [6.45, 7) is 8.64. The number of hydrogen-bond acceptors (Lipinski definition) is 6. The lowest BCUT2D eigenvalue weighted by Crippen LogP contribution is -2.25. The van der Waals surface area contributed by atoms with Crippen molar-refractivity contribution in [2.75, 3.05) is 6.54 Å². The average molecular weight is 412 g/mol. The van der Waals surface area contributed by atoms with E-state index in [-0.39, 0.29) is 24.0 Å². The molecule has 3 heterocycles. The molecule has 6 nitrogen and oxygen atoms in total. The summed E-state index contributed by atoms with van der Waals surface area (Å²) in [5.74, 6) is 1.67. The molecule has 2 atom stereocenters. The number of carbonyl (C=O) groups excluding carboxylic acids is 1. The summed E-state index contributed by atoms with van der Waals surface area (Å²) in [4.78, 5) is 20.6. The molecule has 1 saturated heterocycles. The summed E-state index contributed by atoms with van der Waals surface area (Å²) in [7, 11) is 0. The molecule has 0 saturated carbocycles. The van der Waals surface area contributed by atoms with Gasteiger partial charge in [0.2, 0.25) is 11.8 Å². The maximum Gasteiger partial charge on any atom is 0.220 e. The predicted octanol–water partition coefficient (Wildman–Crippen LogP) is 4.36. The van der Waals surface area contributed by atoms with E-state index in [0.717, 1.165) is 32.1 Å². The maximum atomic E-state index is 11.6. The van der Waals surface area contributed by atoms with E-state index in [2.05, 4.69) is 21.4 Å². The Labute approximate surface area is 174 Å². The Kier molecular flexibility index (Phi) is 5.41. The third kappa shape index (κ3) is 4.34. The highest BCUT2D eigenvalue weighted by Gasteiger charge is 2.28. The molecule has 1 aliphatic heterocycles. The molecule has 152 valence electrons.